The second kappa shape index (κ2) is 2.87. The van der Waals surface area contributed by atoms with Crippen LogP contribution in [0.5, 0.6) is 11.5 Å². The van der Waals surface area contributed by atoms with Crippen molar-refractivity contribution < 1.29 is 9.47 Å². The van der Waals surface area contributed by atoms with E-state index in [1.807, 2.05) is 6.07 Å². The summed E-state index contributed by atoms with van der Waals surface area (Å²) in [6, 6.07) is 6.18. The van der Waals surface area contributed by atoms with E-state index in [4.69, 9.17) is 9.47 Å². The second-order valence-corrected chi connectivity index (χ2v) is 5.64. The number of allylic oxidation sites excluding steroid dienone is 1. The Balaban J connectivity index is 1.87. The number of hydrogen-bond acceptors (Lipinski definition) is 2. The number of fused-ring (bicyclic) bond motifs is 5. The molecule has 3 atom stereocenters. The van der Waals surface area contributed by atoms with Crippen molar-refractivity contribution in [3.05, 3.63) is 29.8 Å². The molecule has 0 saturated heterocycles. The van der Waals surface area contributed by atoms with E-state index in [9.17, 15) is 0 Å². The fourth-order valence-corrected chi connectivity index (χ4v) is 3.53. The normalized spacial score (nSPS) is 36.2. The summed E-state index contributed by atoms with van der Waals surface area (Å²) in [4.78, 5) is 0. The van der Waals surface area contributed by atoms with Crippen LogP contribution in [-0.2, 0) is 0 Å². The van der Waals surface area contributed by atoms with Gasteiger partial charge >= 0.3 is 0 Å². The number of benzene rings is 1. The molecule has 0 unspecified atom stereocenters. The van der Waals surface area contributed by atoms with Crippen molar-refractivity contribution in [2.24, 2.45) is 17.3 Å². The maximum absolute atomic E-state index is 5.96. The van der Waals surface area contributed by atoms with Crippen molar-refractivity contribution in [3.63, 3.8) is 0 Å². The summed E-state index contributed by atoms with van der Waals surface area (Å²) in [5, 5.41) is 0. The number of para-hydroxylation sites is 1. The summed E-state index contributed by atoms with van der Waals surface area (Å²) < 4.78 is 11.3. The molecule has 0 radical (unpaired) electrons. The van der Waals surface area contributed by atoms with E-state index in [1.165, 1.54) is 17.6 Å². The van der Waals surface area contributed by atoms with Crippen LogP contribution < -0.4 is 9.47 Å². The van der Waals surface area contributed by atoms with Gasteiger partial charge in [-0.15, -0.1) is 0 Å². The Morgan fingerprint density at radius 3 is 3.12 bits per heavy atom. The minimum Gasteiger partial charge on any atom is -0.493 e. The standard InChI is InChI=1S/C15H16O2/c1-15-7-9(15)6-11-10-4-3-5-13(16-2)14(10)17-8-12(11)15/h3-6,9,12H,7-8H2,1-2H3/t9-,12-,15+/m0/s1. The zero-order valence-corrected chi connectivity index (χ0v) is 10.2. The monoisotopic (exact) mass is 228 g/mol. The molecule has 3 aliphatic rings. The highest BCUT2D eigenvalue weighted by Crippen LogP contribution is 2.68. The Morgan fingerprint density at radius 2 is 2.29 bits per heavy atom. The molecular weight excluding hydrogens is 212 g/mol. The van der Waals surface area contributed by atoms with E-state index >= 15 is 0 Å². The van der Waals surface area contributed by atoms with Gasteiger partial charge in [0.2, 0.25) is 0 Å². The highest BCUT2D eigenvalue weighted by molar-refractivity contribution is 5.79. The maximum Gasteiger partial charge on any atom is 0.168 e. The SMILES string of the molecule is COc1cccc2c1OC[C@H]1C2=C[C@H]2C[C@]21C. The molecule has 1 saturated carbocycles. The molecular formula is C15H16O2. The highest BCUT2D eigenvalue weighted by Gasteiger charge is 2.60. The minimum atomic E-state index is 0.482. The molecule has 1 aromatic rings. The van der Waals surface area contributed by atoms with Crippen LogP contribution in [0.3, 0.4) is 0 Å². The fourth-order valence-electron chi connectivity index (χ4n) is 3.53. The molecule has 2 heteroatoms. The van der Waals surface area contributed by atoms with Gasteiger partial charge < -0.3 is 9.47 Å². The fraction of sp³-hybridized carbons (Fsp3) is 0.467. The van der Waals surface area contributed by atoms with Crippen molar-refractivity contribution in [2.45, 2.75) is 13.3 Å². The second-order valence-electron chi connectivity index (χ2n) is 5.64. The largest absolute Gasteiger partial charge is 0.493 e. The lowest BCUT2D eigenvalue weighted by Crippen LogP contribution is -2.25. The van der Waals surface area contributed by atoms with Gasteiger partial charge in [0.1, 0.15) is 0 Å². The Bertz CT molecular complexity index is 532. The predicted octanol–water partition coefficient (Wildman–Crippen LogP) is 3.13. The summed E-state index contributed by atoms with van der Waals surface area (Å²) >= 11 is 0. The summed E-state index contributed by atoms with van der Waals surface area (Å²) in [6.45, 7) is 3.20. The lowest BCUT2D eigenvalue weighted by molar-refractivity contribution is 0.211. The molecule has 88 valence electrons. The molecule has 0 bridgehead atoms. The quantitative estimate of drug-likeness (QED) is 0.735. The molecule has 2 nitrogen and oxygen atoms in total. The van der Waals surface area contributed by atoms with Crippen molar-refractivity contribution in [1.29, 1.82) is 0 Å². The van der Waals surface area contributed by atoms with Gasteiger partial charge in [-0.2, -0.15) is 0 Å². The molecule has 0 N–H and O–H groups in total. The van der Waals surface area contributed by atoms with Crippen molar-refractivity contribution in [2.75, 3.05) is 13.7 Å². The van der Waals surface area contributed by atoms with Gasteiger partial charge in [-0.05, 0) is 29.4 Å². The van der Waals surface area contributed by atoms with Crippen LogP contribution in [0.15, 0.2) is 24.3 Å². The highest BCUT2D eigenvalue weighted by atomic mass is 16.5. The number of methoxy groups -OCH3 is 1. The molecule has 1 aromatic carbocycles. The first-order chi connectivity index (χ1) is 8.24. The van der Waals surface area contributed by atoms with Crippen LogP contribution in [0, 0.1) is 17.3 Å². The summed E-state index contributed by atoms with van der Waals surface area (Å²) in [5.74, 6) is 3.16. The number of rotatable bonds is 1. The van der Waals surface area contributed by atoms with Crippen molar-refractivity contribution in [1.82, 2.24) is 0 Å². The lowest BCUT2D eigenvalue weighted by atomic mass is 9.83. The van der Waals surface area contributed by atoms with E-state index < -0.39 is 0 Å². The van der Waals surface area contributed by atoms with Gasteiger partial charge in [0, 0.05) is 11.5 Å². The van der Waals surface area contributed by atoms with Gasteiger partial charge in [0.15, 0.2) is 11.5 Å². The maximum atomic E-state index is 5.96. The van der Waals surface area contributed by atoms with Crippen molar-refractivity contribution >= 4 is 5.57 Å². The first kappa shape index (κ1) is 9.58. The van der Waals surface area contributed by atoms with Crippen LogP contribution in [0.25, 0.3) is 5.57 Å². The summed E-state index contributed by atoms with van der Waals surface area (Å²) in [7, 11) is 1.70. The van der Waals surface area contributed by atoms with Crippen molar-refractivity contribution in [3.8, 4) is 11.5 Å². The molecule has 2 aliphatic carbocycles. The van der Waals surface area contributed by atoms with Gasteiger partial charge in [0.25, 0.3) is 0 Å². The molecule has 0 aromatic heterocycles. The van der Waals surface area contributed by atoms with Gasteiger partial charge in [-0.3, -0.25) is 0 Å². The van der Waals surface area contributed by atoms with E-state index in [0.29, 0.717) is 11.3 Å². The first-order valence-corrected chi connectivity index (χ1v) is 6.26. The molecule has 1 aliphatic heterocycles. The number of hydrogen-bond donors (Lipinski definition) is 0. The molecule has 0 spiro atoms. The zero-order chi connectivity index (χ0) is 11.6. The smallest absolute Gasteiger partial charge is 0.168 e. The Labute approximate surface area is 101 Å². The van der Waals surface area contributed by atoms with Crippen LogP contribution in [0.4, 0.5) is 0 Å². The summed E-state index contributed by atoms with van der Waals surface area (Å²) in [6.07, 6.45) is 3.80. The topological polar surface area (TPSA) is 18.5 Å². The van der Waals surface area contributed by atoms with Gasteiger partial charge in [-0.25, -0.2) is 0 Å². The van der Waals surface area contributed by atoms with Crippen LogP contribution in [0.2, 0.25) is 0 Å². The molecule has 1 fully saturated rings. The van der Waals surface area contributed by atoms with Gasteiger partial charge in [-0.1, -0.05) is 25.1 Å². The van der Waals surface area contributed by atoms with Crippen LogP contribution in [0.1, 0.15) is 18.9 Å². The van der Waals surface area contributed by atoms with Gasteiger partial charge in [0.05, 0.1) is 13.7 Å². The molecule has 4 rings (SSSR count). The first-order valence-electron chi connectivity index (χ1n) is 6.26. The zero-order valence-electron chi connectivity index (χ0n) is 10.2. The minimum absolute atomic E-state index is 0.482. The average Bonchev–Trinajstić information content (AvgIpc) is 2.92. The molecule has 17 heavy (non-hydrogen) atoms. The molecule has 0 amide bonds. The van der Waals surface area contributed by atoms with E-state index in [1.54, 1.807) is 7.11 Å². The lowest BCUT2D eigenvalue weighted by Gasteiger charge is -2.30. The van der Waals surface area contributed by atoms with E-state index in [0.717, 1.165) is 24.0 Å². The van der Waals surface area contributed by atoms with Crippen LogP contribution in [-0.4, -0.2) is 13.7 Å². The Hall–Kier alpha value is -1.44. The van der Waals surface area contributed by atoms with E-state index in [2.05, 4.69) is 25.1 Å². The third-order valence-corrected chi connectivity index (χ3v) is 4.80. The van der Waals surface area contributed by atoms with E-state index in [-0.39, 0.29) is 0 Å². The Morgan fingerprint density at radius 1 is 1.41 bits per heavy atom. The third-order valence-electron chi connectivity index (χ3n) is 4.80. The molecule has 1 heterocycles. The summed E-state index contributed by atoms with van der Waals surface area (Å²) in [5.41, 5.74) is 3.22. The third kappa shape index (κ3) is 1.06. The average molecular weight is 228 g/mol. The predicted molar refractivity (Wildman–Crippen MR) is 66.2 cm³/mol. The Kier molecular flexibility index (Phi) is 1.61. The van der Waals surface area contributed by atoms with Crippen LogP contribution >= 0.6 is 0 Å². The number of ether oxygens (including phenoxy) is 2.